The van der Waals surface area contributed by atoms with Gasteiger partial charge in [-0.3, -0.25) is 4.79 Å². The van der Waals surface area contributed by atoms with Crippen LogP contribution >= 0.6 is 12.2 Å². The molecule has 17 heavy (non-hydrogen) atoms. The molecule has 1 rings (SSSR count). The highest BCUT2D eigenvalue weighted by Crippen LogP contribution is 2.05. The summed E-state index contributed by atoms with van der Waals surface area (Å²) < 4.78 is 0. The molecule has 0 aliphatic heterocycles. The first-order chi connectivity index (χ1) is 8.13. The fourth-order valence-electron chi connectivity index (χ4n) is 1.46. The number of carbonyl (C=O) groups is 1. The van der Waals surface area contributed by atoms with Crippen LogP contribution in [0.15, 0.2) is 24.3 Å². The highest BCUT2D eigenvalue weighted by molar-refractivity contribution is 7.80. The van der Waals surface area contributed by atoms with Crippen LogP contribution in [-0.2, 0) is 11.3 Å². The normalized spacial score (nSPS) is 9.94. The van der Waals surface area contributed by atoms with Crippen molar-refractivity contribution >= 4 is 23.1 Å². The van der Waals surface area contributed by atoms with Gasteiger partial charge in [0, 0.05) is 18.5 Å². The van der Waals surface area contributed by atoms with E-state index in [2.05, 4.69) is 12.2 Å². The monoisotopic (exact) mass is 250 g/mol. The summed E-state index contributed by atoms with van der Waals surface area (Å²) in [7, 11) is 0. The lowest BCUT2D eigenvalue weighted by atomic mass is 10.1. The number of hydrogen-bond donors (Lipinski definition) is 2. The summed E-state index contributed by atoms with van der Waals surface area (Å²) in [5, 5.41) is 2.88. The highest BCUT2D eigenvalue weighted by Gasteiger charge is 2.02. The third-order valence-corrected chi connectivity index (χ3v) is 2.69. The molecule has 1 amide bonds. The SMILES string of the molecule is CCCCC(=O)NCc1cccc(C(N)=S)c1. The minimum absolute atomic E-state index is 0.0904. The Labute approximate surface area is 107 Å². The largest absolute Gasteiger partial charge is 0.389 e. The number of thiocarbonyl (C=S) groups is 1. The Bertz CT molecular complexity index is 404. The minimum Gasteiger partial charge on any atom is -0.389 e. The molecule has 3 nitrogen and oxygen atoms in total. The first-order valence-corrected chi connectivity index (χ1v) is 6.19. The molecule has 0 aliphatic rings. The maximum Gasteiger partial charge on any atom is 0.220 e. The topological polar surface area (TPSA) is 55.1 Å². The van der Waals surface area contributed by atoms with E-state index in [1.54, 1.807) is 0 Å². The number of benzene rings is 1. The fourth-order valence-corrected chi connectivity index (χ4v) is 1.59. The lowest BCUT2D eigenvalue weighted by Crippen LogP contribution is -2.22. The Hall–Kier alpha value is -1.42. The van der Waals surface area contributed by atoms with E-state index in [0.717, 1.165) is 24.0 Å². The van der Waals surface area contributed by atoms with Gasteiger partial charge in [0.1, 0.15) is 4.99 Å². The standard InChI is InChI=1S/C13H18N2OS/c1-2-3-7-12(16)15-9-10-5-4-6-11(8-10)13(14)17/h4-6,8H,2-3,7,9H2,1H3,(H2,14,17)(H,15,16). The van der Waals surface area contributed by atoms with Gasteiger partial charge < -0.3 is 11.1 Å². The summed E-state index contributed by atoms with van der Waals surface area (Å²) in [6, 6.07) is 7.61. The van der Waals surface area contributed by atoms with Crippen molar-refractivity contribution in [2.24, 2.45) is 5.73 Å². The molecular weight excluding hydrogens is 232 g/mol. The first-order valence-electron chi connectivity index (χ1n) is 5.79. The molecule has 0 aliphatic carbocycles. The summed E-state index contributed by atoms with van der Waals surface area (Å²) in [6.45, 7) is 2.60. The number of hydrogen-bond acceptors (Lipinski definition) is 2. The molecule has 0 aromatic heterocycles. The van der Waals surface area contributed by atoms with Crippen molar-refractivity contribution in [2.75, 3.05) is 0 Å². The van der Waals surface area contributed by atoms with Crippen molar-refractivity contribution in [1.29, 1.82) is 0 Å². The van der Waals surface area contributed by atoms with Crippen LogP contribution < -0.4 is 11.1 Å². The molecule has 4 heteroatoms. The van der Waals surface area contributed by atoms with Gasteiger partial charge in [0.2, 0.25) is 5.91 Å². The summed E-state index contributed by atoms with van der Waals surface area (Å²) in [6.07, 6.45) is 2.55. The van der Waals surface area contributed by atoms with Crippen LogP contribution in [0, 0.1) is 0 Å². The van der Waals surface area contributed by atoms with Crippen LogP contribution in [0.5, 0.6) is 0 Å². The van der Waals surface area contributed by atoms with Gasteiger partial charge in [0.25, 0.3) is 0 Å². The zero-order valence-corrected chi connectivity index (χ0v) is 10.8. The molecule has 0 unspecified atom stereocenters. The molecule has 92 valence electrons. The quantitative estimate of drug-likeness (QED) is 0.760. The Kier molecular flexibility index (Phi) is 5.63. The average Bonchev–Trinajstić information content (AvgIpc) is 2.34. The van der Waals surface area contributed by atoms with Gasteiger partial charge in [-0.1, -0.05) is 43.8 Å². The molecule has 0 heterocycles. The molecule has 0 bridgehead atoms. The molecule has 0 saturated carbocycles. The van der Waals surface area contributed by atoms with E-state index >= 15 is 0 Å². The smallest absolute Gasteiger partial charge is 0.220 e. The Morgan fingerprint density at radius 1 is 1.47 bits per heavy atom. The van der Waals surface area contributed by atoms with Gasteiger partial charge >= 0.3 is 0 Å². The number of nitrogens with one attached hydrogen (secondary N) is 1. The van der Waals surface area contributed by atoms with Crippen LogP contribution in [0.4, 0.5) is 0 Å². The molecular formula is C13H18N2OS. The lowest BCUT2D eigenvalue weighted by molar-refractivity contribution is -0.121. The summed E-state index contributed by atoms with van der Waals surface area (Å²) in [4.78, 5) is 11.8. The van der Waals surface area contributed by atoms with Crippen molar-refractivity contribution in [3.05, 3.63) is 35.4 Å². The first kappa shape index (κ1) is 13.6. The summed E-state index contributed by atoms with van der Waals surface area (Å²) in [5.41, 5.74) is 7.40. The Morgan fingerprint density at radius 3 is 2.88 bits per heavy atom. The lowest BCUT2D eigenvalue weighted by Gasteiger charge is -2.06. The van der Waals surface area contributed by atoms with Crippen LogP contribution in [-0.4, -0.2) is 10.9 Å². The predicted molar refractivity (Wildman–Crippen MR) is 73.7 cm³/mol. The fraction of sp³-hybridized carbons (Fsp3) is 0.385. The Morgan fingerprint density at radius 2 is 2.24 bits per heavy atom. The van der Waals surface area contributed by atoms with Crippen molar-refractivity contribution in [3.63, 3.8) is 0 Å². The van der Waals surface area contributed by atoms with E-state index < -0.39 is 0 Å². The number of unbranched alkanes of at least 4 members (excludes halogenated alkanes) is 1. The van der Waals surface area contributed by atoms with E-state index in [9.17, 15) is 4.79 Å². The Balaban J connectivity index is 2.49. The summed E-state index contributed by atoms with van der Waals surface area (Å²) in [5.74, 6) is 0.0904. The number of carbonyl (C=O) groups excluding carboxylic acids is 1. The van der Waals surface area contributed by atoms with Gasteiger partial charge in [0.15, 0.2) is 0 Å². The number of amides is 1. The van der Waals surface area contributed by atoms with Gasteiger partial charge in [-0.15, -0.1) is 0 Å². The van der Waals surface area contributed by atoms with E-state index in [-0.39, 0.29) is 5.91 Å². The molecule has 0 atom stereocenters. The molecule has 0 spiro atoms. The third-order valence-electron chi connectivity index (χ3n) is 2.46. The predicted octanol–water partition coefficient (Wildman–Crippen LogP) is 2.13. The minimum atomic E-state index is 0.0904. The molecule has 0 fully saturated rings. The molecule has 0 radical (unpaired) electrons. The second kappa shape index (κ2) is 7.01. The van der Waals surface area contributed by atoms with Crippen molar-refractivity contribution in [1.82, 2.24) is 5.32 Å². The molecule has 3 N–H and O–H groups in total. The zero-order valence-electron chi connectivity index (χ0n) is 10.0. The van der Waals surface area contributed by atoms with Gasteiger partial charge in [-0.2, -0.15) is 0 Å². The highest BCUT2D eigenvalue weighted by atomic mass is 32.1. The van der Waals surface area contributed by atoms with Crippen molar-refractivity contribution in [2.45, 2.75) is 32.7 Å². The van der Waals surface area contributed by atoms with Crippen LogP contribution in [0.3, 0.4) is 0 Å². The van der Waals surface area contributed by atoms with Crippen LogP contribution in [0.25, 0.3) is 0 Å². The second-order valence-corrected chi connectivity index (χ2v) is 4.38. The summed E-state index contributed by atoms with van der Waals surface area (Å²) >= 11 is 4.91. The van der Waals surface area contributed by atoms with Gasteiger partial charge in [-0.25, -0.2) is 0 Å². The van der Waals surface area contributed by atoms with Gasteiger partial charge in [-0.05, 0) is 18.1 Å². The van der Waals surface area contributed by atoms with Crippen LogP contribution in [0.1, 0.15) is 37.3 Å². The zero-order chi connectivity index (χ0) is 12.7. The molecule has 1 aromatic rings. The van der Waals surface area contributed by atoms with E-state index in [4.69, 9.17) is 18.0 Å². The maximum atomic E-state index is 11.4. The van der Waals surface area contributed by atoms with Crippen LogP contribution in [0.2, 0.25) is 0 Å². The van der Waals surface area contributed by atoms with Gasteiger partial charge in [0.05, 0.1) is 0 Å². The third kappa shape index (κ3) is 4.95. The maximum absolute atomic E-state index is 11.4. The second-order valence-electron chi connectivity index (χ2n) is 3.94. The average molecular weight is 250 g/mol. The van der Waals surface area contributed by atoms with E-state index in [0.29, 0.717) is 18.0 Å². The number of rotatable bonds is 6. The molecule has 0 saturated heterocycles. The van der Waals surface area contributed by atoms with E-state index in [1.165, 1.54) is 0 Å². The van der Waals surface area contributed by atoms with E-state index in [1.807, 2.05) is 24.3 Å². The van der Waals surface area contributed by atoms with Crippen molar-refractivity contribution < 1.29 is 4.79 Å². The molecule has 1 aromatic carbocycles. The number of nitrogens with two attached hydrogens (primary N) is 1. The van der Waals surface area contributed by atoms with Crippen molar-refractivity contribution in [3.8, 4) is 0 Å².